The summed E-state index contributed by atoms with van der Waals surface area (Å²) in [5, 5.41) is 0. The molecule has 0 spiro atoms. The quantitative estimate of drug-likeness (QED) is 0.316. The van der Waals surface area contributed by atoms with Crippen LogP contribution >= 0.6 is 7.82 Å². The molecule has 0 radical (unpaired) electrons. The van der Waals surface area contributed by atoms with Gasteiger partial charge in [0.1, 0.15) is 0 Å². The summed E-state index contributed by atoms with van der Waals surface area (Å²) in [5.41, 5.74) is 0. The summed E-state index contributed by atoms with van der Waals surface area (Å²) >= 11 is 0. The molecule has 0 aliphatic carbocycles. The summed E-state index contributed by atoms with van der Waals surface area (Å²) in [6, 6.07) is 0. The van der Waals surface area contributed by atoms with Crippen LogP contribution in [0.3, 0.4) is 0 Å². The third-order valence-electron chi connectivity index (χ3n) is 0. The molecule has 0 unspecified atom stereocenters. The number of phosphoric acid groups is 1. The van der Waals surface area contributed by atoms with Gasteiger partial charge in [-0.15, -0.1) is 0 Å². The first-order chi connectivity index (χ1) is 2.00. The van der Waals surface area contributed by atoms with Crippen molar-refractivity contribution in [3.8, 4) is 0 Å². The summed E-state index contributed by atoms with van der Waals surface area (Å²) < 4.78 is 8.88. The van der Waals surface area contributed by atoms with Crippen molar-refractivity contribution in [3.63, 3.8) is 0 Å². The van der Waals surface area contributed by atoms with Crippen molar-refractivity contribution < 1.29 is 113 Å². The SMILES string of the molecule is O=P(O)(O)O.[H-].[K+].[Mo].[Zn]. The van der Waals surface area contributed by atoms with Crippen LogP contribution in [0.15, 0.2) is 0 Å². The van der Waals surface area contributed by atoms with E-state index in [-0.39, 0.29) is 93.4 Å². The van der Waals surface area contributed by atoms with Crippen LogP contribution in [0.5, 0.6) is 0 Å². The average molecular weight is 299 g/mol. The fourth-order valence-corrected chi connectivity index (χ4v) is 0. The van der Waals surface area contributed by atoms with Crippen LogP contribution in [0.2, 0.25) is 0 Å². The standard InChI is InChI=1S/K.Mo.H3O4P.Zn.H/c;;1-5(2,3)4;;/h;;(H3,1,2,3,4);;/q+1;;;;-1. The minimum atomic E-state index is -4.64. The van der Waals surface area contributed by atoms with E-state index >= 15 is 0 Å². The maximum absolute atomic E-state index is 8.88. The maximum atomic E-state index is 8.88. The third kappa shape index (κ3) is 62.9. The predicted octanol–water partition coefficient (Wildman–Crippen LogP) is -3.82. The van der Waals surface area contributed by atoms with E-state index < -0.39 is 7.82 Å². The monoisotopic (exact) mass is 300 g/mol. The molecular formula is H4KMoO4PZn. The second-order valence-electron chi connectivity index (χ2n) is 0.513. The summed E-state index contributed by atoms with van der Waals surface area (Å²) in [4.78, 5) is 21.6. The molecule has 0 rings (SSSR count). The molecule has 8 heteroatoms. The van der Waals surface area contributed by atoms with Crippen LogP contribution < -0.4 is 51.4 Å². The van der Waals surface area contributed by atoms with Crippen LogP contribution in [0, 0.1) is 0 Å². The van der Waals surface area contributed by atoms with Gasteiger partial charge in [-0.1, -0.05) is 0 Å². The number of hydrogen-bond acceptors (Lipinski definition) is 1. The Balaban J connectivity index is -0.0000000133. The van der Waals surface area contributed by atoms with E-state index in [2.05, 4.69) is 0 Å². The molecule has 0 heterocycles. The molecule has 0 saturated heterocycles. The Bertz CT molecular complexity index is 66.7. The molecule has 0 aliphatic rings. The van der Waals surface area contributed by atoms with E-state index in [1.165, 1.54) is 0 Å². The van der Waals surface area contributed by atoms with Crippen LogP contribution in [0.25, 0.3) is 0 Å². The zero-order valence-electron chi connectivity index (χ0n) is 5.31. The van der Waals surface area contributed by atoms with Gasteiger partial charge in [-0.25, -0.2) is 4.57 Å². The van der Waals surface area contributed by atoms with Crippen molar-refractivity contribution >= 4 is 7.82 Å². The van der Waals surface area contributed by atoms with E-state index in [0.717, 1.165) is 0 Å². The zero-order chi connectivity index (χ0) is 4.50. The topological polar surface area (TPSA) is 77.8 Å². The summed E-state index contributed by atoms with van der Waals surface area (Å²) in [6.07, 6.45) is 0. The summed E-state index contributed by atoms with van der Waals surface area (Å²) in [6.45, 7) is 0. The minimum Gasteiger partial charge on any atom is -1.00 e. The maximum Gasteiger partial charge on any atom is 1.00 e. The van der Waals surface area contributed by atoms with Crippen molar-refractivity contribution in [2.24, 2.45) is 0 Å². The number of hydrogen-bond donors (Lipinski definition) is 3. The Kier molecular flexibility index (Phi) is 28.2. The molecule has 0 bridgehead atoms. The van der Waals surface area contributed by atoms with Gasteiger partial charge >= 0.3 is 59.2 Å². The molecule has 0 saturated carbocycles. The molecule has 0 aromatic rings. The van der Waals surface area contributed by atoms with Gasteiger partial charge < -0.3 is 16.1 Å². The van der Waals surface area contributed by atoms with E-state index in [9.17, 15) is 0 Å². The molecule has 4 nitrogen and oxygen atoms in total. The molecule has 8 heavy (non-hydrogen) atoms. The van der Waals surface area contributed by atoms with Crippen molar-refractivity contribution in [2.45, 2.75) is 0 Å². The average Bonchev–Trinajstić information content (AvgIpc) is 0.722. The van der Waals surface area contributed by atoms with Gasteiger partial charge in [0.2, 0.25) is 0 Å². The molecule has 0 aromatic carbocycles. The van der Waals surface area contributed by atoms with Gasteiger partial charge in [-0.2, -0.15) is 0 Å². The van der Waals surface area contributed by atoms with Crippen molar-refractivity contribution in [1.29, 1.82) is 0 Å². The van der Waals surface area contributed by atoms with Gasteiger partial charge in [0.05, 0.1) is 0 Å². The Hall–Kier alpha value is 3.06. The fourth-order valence-electron chi connectivity index (χ4n) is 0. The molecule has 0 fully saturated rings. The Morgan fingerprint density at radius 2 is 1.25 bits per heavy atom. The largest absolute Gasteiger partial charge is 1.00 e. The third-order valence-corrected chi connectivity index (χ3v) is 0. The van der Waals surface area contributed by atoms with E-state index in [1.54, 1.807) is 0 Å². The molecule has 0 aromatic heterocycles. The number of rotatable bonds is 0. The van der Waals surface area contributed by atoms with Crippen LogP contribution in [0.4, 0.5) is 0 Å². The van der Waals surface area contributed by atoms with Crippen molar-refractivity contribution in [3.05, 3.63) is 0 Å². The Morgan fingerprint density at radius 3 is 1.25 bits per heavy atom. The first-order valence-corrected chi connectivity index (χ1v) is 2.35. The van der Waals surface area contributed by atoms with Crippen LogP contribution in [-0.4, -0.2) is 14.7 Å². The molecule has 0 atom stereocenters. The summed E-state index contributed by atoms with van der Waals surface area (Å²) in [5.74, 6) is 0. The van der Waals surface area contributed by atoms with E-state index in [1.807, 2.05) is 0 Å². The normalized spacial score (nSPS) is 7.38. The van der Waals surface area contributed by atoms with E-state index in [4.69, 9.17) is 19.2 Å². The van der Waals surface area contributed by atoms with Crippen LogP contribution in [0.1, 0.15) is 1.43 Å². The second-order valence-corrected chi connectivity index (χ2v) is 1.54. The smallest absolute Gasteiger partial charge is 1.00 e. The minimum absolute atomic E-state index is 0. The van der Waals surface area contributed by atoms with Crippen LogP contribution in [-0.2, 0) is 45.1 Å². The first-order valence-electron chi connectivity index (χ1n) is 0.783. The second kappa shape index (κ2) is 10.1. The Morgan fingerprint density at radius 1 is 1.25 bits per heavy atom. The van der Waals surface area contributed by atoms with Gasteiger partial charge in [0.15, 0.2) is 0 Å². The molecular weight excluding hydrogens is 295 g/mol. The predicted molar refractivity (Wildman–Crippen MR) is 15.4 cm³/mol. The van der Waals surface area contributed by atoms with Gasteiger partial charge in [-0.3, -0.25) is 0 Å². The van der Waals surface area contributed by atoms with Gasteiger partial charge in [0, 0.05) is 40.5 Å². The summed E-state index contributed by atoms with van der Waals surface area (Å²) in [7, 11) is -4.64. The fraction of sp³-hybridized carbons (Fsp3) is 0. The molecule has 42 valence electrons. The van der Waals surface area contributed by atoms with Crippen molar-refractivity contribution in [2.75, 3.05) is 0 Å². The molecule has 0 aliphatic heterocycles. The van der Waals surface area contributed by atoms with Gasteiger partial charge in [0.25, 0.3) is 0 Å². The Labute approximate surface area is 118 Å². The van der Waals surface area contributed by atoms with Crippen molar-refractivity contribution in [1.82, 2.24) is 0 Å². The zero-order valence-corrected chi connectivity index (χ0v) is 13.3. The van der Waals surface area contributed by atoms with E-state index in [0.29, 0.717) is 0 Å². The molecule has 3 N–H and O–H groups in total. The van der Waals surface area contributed by atoms with Gasteiger partial charge in [-0.05, 0) is 0 Å². The molecule has 0 amide bonds. The first kappa shape index (κ1) is 22.5.